The number of thiophene rings is 1. The van der Waals surface area contributed by atoms with Crippen molar-refractivity contribution in [2.24, 2.45) is 5.73 Å². The molecular weight excluding hydrogens is 352 g/mol. The van der Waals surface area contributed by atoms with Crippen LogP contribution in [0.1, 0.15) is 16.1 Å². The molecule has 0 aliphatic rings. The fourth-order valence-electron chi connectivity index (χ4n) is 2.52. The van der Waals surface area contributed by atoms with Crippen LogP contribution in [-0.4, -0.2) is 33.4 Å². The van der Waals surface area contributed by atoms with Crippen molar-refractivity contribution in [1.82, 2.24) is 15.1 Å². The van der Waals surface area contributed by atoms with Gasteiger partial charge < -0.3 is 11.1 Å². The molecule has 1 atom stereocenters. The average molecular weight is 368 g/mol. The molecule has 0 saturated heterocycles. The van der Waals surface area contributed by atoms with E-state index in [1.807, 2.05) is 47.2 Å². The van der Waals surface area contributed by atoms with E-state index in [1.54, 1.807) is 6.07 Å². The summed E-state index contributed by atoms with van der Waals surface area (Å²) >= 11 is 1.47. The maximum Gasteiger partial charge on any atom is 0.287 e. The highest BCUT2D eigenvalue weighted by atomic mass is 32.1. The lowest BCUT2D eigenvalue weighted by Crippen LogP contribution is -2.47. The number of benzene rings is 1. The summed E-state index contributed by atoms with van der Waals surface area (Å²) in [5.74, 6) is -2.44. The van der Waals surface area contributed by atoms with E-state index in [0.717, 1.165) is 11.3 Å². The average Bonchev–Trinajstić information content (AvgIpc) is 3.32. The molecule has 0 radical (unpaired) electrons. The number of amides is 2. The highest BCUT2D eigenvalue weighted by Crippen LogP contribution is 2.14. The molecule has 7 nitrogen and oxygen atoms in total. The first kappa shape index (κ1) is 17.6. The minimum atomic E-state index is -1.09. The molecule has 0 aliphatic heterocycles. The van der Waals surface area contributed by atoms with Crippen LogP contribution in [0.15, 0.2) is 59.4 Å². The van der Waals surface area contributed by atoms with E-state index in [0.29, 0.717) is 0 Å². The predicted octanol–water partition coefficient (Wildman–Crippen LogP) is 1.33. The van der Waals surface area contributed by atoms with E-state index in [4.69, 9.17) is 5.73 Å². The van der Waals surface area contributed by atoms with Crippen LogP contribution in [0.3, 0.4) is 0 Å². The molecule has 2 aromatic heterocycles. The van der Waals surface area contributed by atoms with Gasteiger partial charge >= 0.3 is 0 Å². The highest BCUT2D eigenvalue weighted by molar-refractivity contribution is 7.08. The van der Waals surface area contributed by atoms with Crippen molar-refractivity contribution in [3.63, 3.8) is 0 Å². The Morgan fingerprint density at radius 3 is 2.58 bits per heavy atom. The van der Waals surface area contributed by atoms with Gasteiger partial charge in [-0.1, -0.05) is 30.3 Å². The molecule has 1 unspecified atom stereocenters. The van der Waals surface area contributed by atoms with Gasteiger partial charge in [-0.25, -0.2) is 4.68 Å². The van der Waals surface area contributed by atoms with E-state index >= 15 is 0 Å². The summed E-state index contributed by atoms with van der Waals surface area (Å²) < 4.78 is 1.47. The summed E-state index contributed by atoms with van der Waals surface area (Å²) in [5.41, 5.74) is 6.94. The number of carbonyl (C=O) groups is 3. The quantitative estimate of drug-likeness (QED) is 0.614. The van der Waals surface area contributed by atoms with Crippen molar-refractivity contribution in [2.75, 3.05) is 0 Å². The molecular formula is C18H16N4O3S. The molecule has 0 saturated carbocycles. The Hall–Kier alpha value is -3.26. The minimum Gasteiger partial charge on any atom is -0.363 e. The van der Waals surface area contributed by atoms with E-state index in [-0.39, 0.29) is 12.1 Å². The number of ketones is 1. The van der Waals surface area contributed by atoms with E-state index in [2.05, 4.69) is 10.4 Å². The maximum absolute atomic E-state index is 12.7. The number of nitrogens with zero attached hydrogens (tertiary/aromatic N) is 2. The second kappa shape index (κ2) is 7.75. The van der Waals surface area contributed by atoms with E-state index in [1.165, 1.54) is 22.2 Å². The number of rotatable bonds is 7. The van der Waals surface area contributed by atoms with Gasteiger partial charge in [0.1, 0.15) is 11.7 Å². The van der Waals surface area contributed by atoms with Crippen LogP contribution in [-0.2, 0) is 16.0 Å². The second-order valence-electron chi connectivity index (χ2n) is 5.55. The lowest BCUT2D eigenvalue weighted by Gasteiger charge is -2.16. The largest absolute Gasteiger partial charge is 0.363 e. The van der Waals surface area contributed by atoms with Crippen molar-refractivity contribution in [2.45, 2.75) is 12.5 Å². The van der Waals surface area contributed by atoms with Gasteiger partial charge in [-0.2, -0.15) is 16.4 Å². The molecule has 2 amide bonds. The Labute approximate surface area is 153 Å². The first-order valence-electron chi connectivity index (χ1n) is 7.81. The van der Waals surface area contributed by atoms with Gasteiger partial charge in [0.15, 0.2) is 0 Å². The third-order valence-corrected chi connectivity index (χ3v) is 4.44. The van der Waals surface area contributed by atoms with Crippen molar-refractivity contribution in [1.29, 1.82) is 0 Å². The number of aromatic nitrogens is 2. The van der Waals surface area contributed by atoms with Crippen LogP contribution in [0.4, 0.5) is 0 Å². The predicted molar refractivity (Wildman–Crippen MR) is 97.0 cm³/mol. The minimum absolute atomic E-state index is 0.168. The van der Waals surface area contributed by atoms with Gasteiger partial charge in [-0.3, -0.25) is 14.4 Å². The highest BCUT2D eigenvalue weighted by Gasteiger charge is 2.27. The first-order chi connectivity index (χ1) is 12.6. The molecule has 2 heterocycles. The Kier molecular flexibility index (Phi) is 5.23. The number of hydrogen-bond acceptors (Lipinski definition) is 5. The fourth-order valence-corrected chi connectivity index (χ4v) is 3.14. The van der Waals surface area contributed by atoms with Crippen LogP contribution in [0.2, 0.25) is 0 Å². The van der Waals surface area contributed by atoms with Crippen molar-refractivity contribution in [3.8, 4) is 5.69 Å². The molecule has 132 valence electrons. The smallest absolute Gasteiger partial charge is 0.287 e. The summed E-state index contributed by atoms with van der Waals surface area (Å²) in [6.07, 6.45) is 1.66. The van der Waals surface area contributed by atoms with Crippen molar-refractivity contribution < 1.29 is 14.4 Å². The van der Waals surface area contributed by atoms with Gasteiger partial charge in [0, 0.05) is 11.8 Å². The van der Waals surface area contributed by atoms with Gasteiger partial charge in [0.05, 0.1) is 11.9 Å². The second-order valence-corrected chi connectivity index (χ2v) is 6.33. The summed E-state index contributed by atoms with van der Waals surface area (Å²) in [6.45, 7) is 0. The number of carbonyl (C=O) groups excluding carboxylic acids is 3. The summed E-state index contributed by atoms with van der Waals surface area (Å²) in [5, 5.41) is 10.5. The molecule has 3 N–H and O–H groups in total. The number of primary amides is 1. The first-order valence-corrected chi connectivity index (χ1v) is 8.75. The molecule has 3 rings (SSSR count). The zero-order valence-electron chi connectivity index (χ0n) is 13.7. The SMILES string of the molecule is NC(=O)C(=O)C(Cc1ccccc1)NC(=O)c1ccnn1-c1ccsc1. The molecule has 1 aromatic carbocycles. The lowest BCUT2D eigenvalue weighted by molar-refractivity contribution is -0.137. The Morgan fingerprint density at radius 1 is 1.15 bits per heavy atom. The number of hydrogen-bond donors (Lipinski definition) is 2. The monoisotopic (exact) mass is 368 g/mol. The standard InChI is InChI=1S/C18H16N4O3S/c19-17(24)16(23)14(10-12-4-2-1-3-5-12)21-18(25)15-6-8-20-22(15)13-7-9-26-11-13/h1-9,11,14H,10H2,(H2,19,24)(H,21,25). The number of nitrogens with two attached hydrogens (primary N) is 1. The topological polar surface area (TPSA) is 107 Å². The van der Waals surface area contributed by atoms with Crippen molar-refractivity contribution >= 4 is 28.9 Å². The Bertz CT molecular complexity index is 919. The fraction of sp³-hybridized carbons (Fsp3) is 0.111. The zero-order valence-corrected chi connectivity index (χ0v) is 14.5. The summed E-state index contributed by atoms with van der Waals surface area (Å²) in [7, 11) is 0. The third-order valence-electron chi connectivity index (χ3n) is 3.77. The Balaban J connectivity index is 1.83. The molecule has 26 heavy (non-hydrogen) atoms. The van der Waals surface area contributed by atoms with Crippen LogP contribution < -0.4 is 11.1 Å². The molecule has 8 heteroatoms. The lowest BCUT2D eigenvalue weighted by atomic mass is 10.0. The van der Waals surface area contributed by atoms with Gasteiger partial charge in [-0.15, -0.1) is 0 Å². The van der Waals surface area contributed by atoms with Crippen LogP contribution in [0, 0.1) is 0 Å². The third kappa shape index (κ3) is 3.86. The Morgan fingerprint density at radius 2 is 1.92 bits per heavy atom. The summed E-state index contributed by atoms with van der Waals surface area (Å²) in [4.78, 5) is 36.2. The summed E-state index contributed by atoms with van der Waals surface area (Å²) in [6, 6.07) is 11.4. The van der Waals surface area contributed by atoms with Gasteiger partial charge in [0.2, 0.25) is 5.78 Å². The molecule has 0 fully saturated rings. The molecule has 3 aromatic rings. The molecule has 0 spiro atoms. The van der Waals surface area contributed by atoms with E-state index < -0.39 is 23.6 Å². The van der Waals surface area contributed by atoms with E-state index in [9.17, 15) is 14.4 Å². The van der Waals surface area contributed by atoms with Crippen molar-refractivity contribution in [3.05, 3.63) is 70.7 Å². The van der Waals surface area contributed by atoms with Crippen LogP contribution in [0.5, 0.6) is 0 Å². The maximum atomic E-state index is 12.7. The molecule has 0 aliphatic carbocycles. The van der Waals surface area contributed by atoms with Crippen LogP contribution >= 0.6 is 11.3 Å². The number of nitrogens with one attached hydrogen (secondary N) is 1. The zero-order chi connectivity index (χ0) is 18.5. The van der Waals surface area contributed by atoms with Crippen LogP contribution in [0.25, 0.3) is 5.69 Å². The normalized spacial score (nSPS) is 11.7. The molecule has 0 bridgehead atoms. The number of Topliss-reactive ketones (excluding diaryl/α,β-unsaturated/α-hetero) is 1. The van der Waals surface area contributed by atoms with Gasteiger partial charge in [-0.05, 0) is 23.1 Å². The van der Waals surface area contributed by atoms with Gasteiger partial charge in [0.25, 0.3) is 11.8 Å².